The third-order valence-corrected chi connectivity index (χ3v) is 19.5. The van der Waals surface area contributed by atoms with E-state index in [0.717, 1.165) is 98.9 Å². The number of aliphatic hydroxyl groups excluding tert-OH is 4. The molecule has 4 unspecified atom stereocenters. The summed E-state index contributed by atoms with van der Waals surface area (Å²) in [7, 11) is 0. The molecule has 11 aromatic rings. The van der Waals surface area contributed by atoms with Crippen molar-refractivity contribution in [2.75, 3.05) is 31.3 Å². The highest BCUT2D eigenvalue weighted by molar-refractivity contribution is 5.77. The Balaban J connectivity index is 0.000000240. The van der Waals surface area contributed by atoms with Crippen LogP contribution >= 0.6 is 0 Å². The molecule has 584 valence electrons. The average molecular weight is 1520 g/mol. The molecule has 113 heavy (non-hydrogen) atoms. The van der Waals surface area contributed by atoms with Crippen molar-refractivity contribution in [2.45, 2.75) is 142 Å². The molecule has 21 heteroatoms. The number of non-ortho nitro benzene ring substituents is 2. The maximum Gasteiger partial charge on any atom is 0.269 e. The largest absolute Gasteiger partial charge is 0.491 e. The van der Waals surface area contributed by atoms with Crippen LogP contribution in [0.1, 0.15) is 125 Å². The van der Waals surface area contributed by atoms with E-state index in [2.05, 4.69) is 173 Å². The first-order valence-electron chi connectivity index (χ1n) is 38.1. The number of azo groups is 3. The van der Waals surface area contributed by atoms with Gasteiger partial charge in [0.15, 0.2) is 0 Å². The molecule has 11 rings (SSSR count). The lowest BCUT2D eigenvalue weighted by Gasteiger charge is -2.26. The summed E-state index contributed by atoms with van der Waals surface area (Å²) in [6.45, 7) is 17.8. The Bertz CT molecular complexity index is 4890. The molecule has 0 radical (unpaired) electrons. The molecule has 0 heterocycles. The van der Waals surface area contributed by atoms with E-state index in [9.17, 15) is 40.7 Å². The lowest BCUT2D eigenvalue weighted by Crippen LogP contribution is -2.20. The quantitative estimate of drug-likeness (QED) is 0.0160. The Morgan fingerprint density at radius 3 is 0.947 bits per heavy atom. The van der Waals surface area contributed by atoms with Crippen LogP contribution in [0.4, 0.5) is 62.6 Å². The van der Waals surface area contributed by atoms with Gasteiger partial charge >= 0.3 is 0 Å². The molecule has 0 fully saturated rings. The van der Waals surface area contributed by atoms with E-state index >= 15 is 0 Å². The molecule has 0 aliphatic heterocycles. The molecule has 0 amide bonds. The van der Waals surface area contributed by atoms with Crippen molar-refractivity contribution in [3.8, 4) is 23.0 Å². The highest BCUT2D eigenvalue weighted by Crippen LogP contribution is 2.39. The van der Waals surface area contributed by atoms with E-state index in [-0.39, 0.29) is 35.4 Å². The predicted molar refractivity (Wildman–Crippen MR) is 445 cm³/mol. The molecule has 0 aliphatic rings. The van der Waals surface area contributed by atoms with Gasteiger partial charge in [-0.3, -0.25) is 20.2 Å². The predicted octanol–water partition coefficient (Wildman–Crippen LogP) is 23.0. The summed E-state index contributed by atoms with van der Waals surface area (Å²) in [5, 5.41) is 88.8. The topological polar surface area (TPSA) is 282 Å². The smallest absolute Gasteiger partial charge is 0.269 e. The van der Waals surface area contributed by atoms with Crippen molar-refractivity contribution in [1.29, 1.82) is 0 Å². The van der Waals surface area contributed by atoms with Crippen LogP contribution in [0.15, 0.2) is 292 Å². The summed E-state index contributed by atoms with van der Waals surface area (Å²) in [6, 6.07) is 81.5. The van der Waals surface area contributed by atoms with Crippen LogP contribution in [0.2, 0.25) is 0 Å². The minimum absolute atomic E-state index is 0.000116. The molecule has 11 aromatic carbocycles. The van der Waals surface area contributed by atoms with E-state index in [1.807, 2.05) is 106 Å². The molecule has 0 aromatic heterocycles. The van der Waals surface area contributed by atoms with E-state index in [0.29, 0.717) is 78.8 Å². The zero-order valence-corrected chi connectivity index (χ0v) is 65.2. The molecule has 21 nitrogen and oxygen atoms in total. The van der Waals surface area contributed by atoms with E-state index in [1.54, 1.807) is 48.5 Å². The fourth-order valence-corrected chi connectivity index (χ4v) is 12.5. The van der Waals surface area contributed by atoms with E-state index in [4.69, 9.17) is 18.9 Å². The van der Waals surface area contributed by atoms with Crippen LogP contribution in [-0.4, -0.2) is 81.1 Å². The second kappa shape index (κ2) is 40.7. The van der Waals surface area contributed by atoms with Gasteiger partial charge in [0.25, 0.3) is 11.4 Å². The lowest BCUT2D eigenvalue weighted by molar-refractivity contribution is -0.385. The Morgan fingerprint density at radius 1 is 0.354 bits per heavy atom. The number of nitro benzene ring substituents is 2. The number of aryl methyl sites for hydroxylation is 4. The van der Waals surface area contributed by atoms with Gasteiger partial charge in [0.2, 0.25) is 0 Å². The van der Waals surface area contributed by atoms with Crippen LogP contribution in [0.5, 0.6) is 23.0 Å². The number of benzene rings is 11. The number of aliphatic hydroxyl groups is 4. The molecular weight excluding hydrogens is 1420 g/mol. The first-order valence-corrected chi connectivity index (χ1v) is 38.1. The summed E-state index contributed by atoms with van der Waals surface area (Å²) >= 11 is 0. The molecule has 4 atom stereocenters. The van der Waals surface area contributed by atoms with Gasteiger partial charge in [0.05, 0.1) is 68.4 Å². The molecule has 0 spiro atoms. The number of hydrogen-bond acceptors (Lipinski definition) is 19. The number of hydrogen-bond donors (Lipinski definition) is 4. The zero-order valence-electron chi connectivity index (χ0n) is 65.2. The lowest BCUT2D eigenvalue weighted by atomic mass is 9.78. The Kier molecular flexibility index (Phi) is 30.0. The van der Waals surface area contributed by atoms with Crippen molar-refractivity contribution in [1.82, 2.24) is 0 Å². The molecular formula is C92H99N9O12. The molecule has 0 aliphatic carbocycles. The average Bonchev–Trinajstić information content (AvgIpc) is 0.807. The summed E-state index contributed by atoms with van der Waals surface area (Å²) < 4.78 is 23.4. The number of nitro groups is 2. The molecule has 0 saturated heterocycles. The van der Waals surface area contributed by atoms with Gasteiger partial charge < -0.3 is 44.3 Å². The van der Waals surface area contributed by atoms with Gasteiger partial charge in [-0.15, -0.1) is 0 Å². The second-order valence-electron chi connectivity index (χ2n) is 29.0. The number of rotatable bonds is 37. The molecule has 0 saturated carbocycles. The van der Waals surface area contributed by atoms with Gasteiger partial charge in [-0.25, -0.2) is 0 Å². The van der Waals surface area contributed by atoms with Gasteiger partial charge in [0.1, 0.15) is 49.4 Å². The van der Waals surface area contributed by atoms with Crippen molar-refractivity contribution in [2.24, 2.45) is 30.7 Å². The summed E-state index contributed by atoms with van der Waals surface area (Å²) in [5.74, 6) is 2.90. The minimum Gasteiger partial charge on any atom is -0.491 e. The Morgan fingerprint density at radius 2 is 0.628 bits per heavy atom. The van der Waals surface area contributed by atoms with E-state index < -0.39 is 34.3 Å². The summed E-state index contributed by atoms with van der Waals surface area (Å²) in [4.78, 5) is 23.0. The second-order valence-corrected chi connectivity index (χ2v) is 29.0. The van der Waals surface area contributed by atoms with Crippen LogP contribution in [0.3, 0.4) is 0 Å². The number of ether oxygens (including phenoxy) is 4. The highest BCUT2D eigenvalue weighted by atomic mass is 16.6. The van der Waals surface area contributed by atoms with E-state index in [1.165, 1.54) is 29.8 Å². The van der Waals surface area contributed by atoms with Crippen LogP contribution < -0.4 is 23.8 Å². The van der Waals surface area contributed by atoms with Crippen molar-refractivity contribution in [3.05, 3.63) is 326 Å². The summed E-state index contributed by atoms with van der Waals surface area (Å²) in [6.07, 6.45) is 3.62. The third-order valence-electron chi connectivity index (χ3n) is 19.5. The normalized spacial score (nSPS) is 12.7. The molecule has 4 N–H and O–H groups in total. The van der Waals surface area contributed by atoms with Gasteiger partial charge in [0, 0.05) is 52.2 Å². The van der Waals surface area contributed by atoms with Crippen molar-refractivity contribution in [3.63, 3.8) is 0 Å². The summed E-state index contributed by atoms with van der Waals surface area (Å²) in [5.41, 5.74) is 15.1. The van der Waals surface area contributed by atoms with Crippen molar-refractivity contribution >= 4 is 62.6 Å². The zero-order chi connectivity index (χ0) is 80.3. The standard InChI is InChI=1S/C49H52N4O6.C43H47N5O6/c1-5-6-45(54)33-58-47-29-12-37(13-30-47)49(3,4)38-14-31-48(32-15-38)59-34-46(55)28-11-36-9-22-42(23-10-36)52(41-20-7-35(2)8-21-41)43-24-16-39(17-25-43)50-51-40-18-26-44(27-19-40)53(56)57;1-5-6-38(49)28-53-40-22-9-32(10-23-40)43(3,4)33-11-24-41(25-12-33)54-29-39(50)21-7-31-8-26-42(30(2)27-31)47-46-35-15-13-34(14-16-35)44-45-36-17-19-37(20-18-36)48(51)52/h7-10,12-27,29-32,45-46,54-55H,5-6,11,28,33-34H2,1-4H3;8-20,22-27,38-39,49-50H,5-7,21,28-29H2,1-4H3. The minimum atomic E-state index is -0.630. The first-order chi connectivity index (χ1) is 54.5. The van der Waals surface area contributed by atoms with Gasteiger partial charge in [-0.2, -0.15) is 30.7 Å². The SMILES string of the molecule is CCCC(O)COc1ccc(C(C)(C)c2ccc(OCC(O)CCc3ccc(N(c4ccc(C)cc4)c4ccc(N=Nc5ccc([N+](=O)[O-])cc5)cc4)cc3)cc2)cc1.CCCC(O)COc1ccc(C(C)(C)c2ccc(OCC(O)CCc3ccc(N=Nc4ccc(N=Nc5ccc([N+](=O)[O-])cc5)cc4)c(C)c3)cc2)cc1. The van der Waals surface area contributed by atoms with Crippen molar-refractivity contribution < 1.29 is 49.2 Å². The van der Waals surface area contributed by atoms with Crippen LogP contribution in [0, 0.1) is 34.1 Å². The first kappa shape index (κ1) is 83.3. The monoisotopic (exact) mass is 1520 g/mol. The van der Waals surface area contributed by atoms with Crippen LogP contribution in [0.25, 0.3) is 0 Å². The van der Waals surface area contributed by atoms with Gasteiger partial charge in [-0.05, 0) is 243 Å². The van der Waals surface area contributed by atoms with Crippen LogP contribution in [-0.2, 0) is 23.7 Å². The fourth-order valence-electron chi connectivity index (χ4n) is 12.5. The Hall–Kier alpha value is -12.1. The molecule has 0 bridgehead atoms. The highest BCUT2D eigenvalue weighted by Gasteiger charge is 2.26. The Labute approximate surface area is 661 Å². The van der Waals surface area contributed by atoms with Gasteiger partial charge in [-0.1, -0.05) is 145 Å². The number of nitrogens with zero attached hydrogens (tertiary/aromatic N) is 9. The maximum absolute atomic E-state index is 11.0. The number of anilines is 3. The third kappa shape index (κ3) is 24.9. The fraction of sp³-hybridized carbons (Fsp3) is 0.283. The maximum atomic E-state index is 11.0.